The molecule has 1 aromatic rings. The number of hydrogen-bond acceptors (Lipinski definition) is 3. The Morgan fingerprint density at radius 1 is 1.24 bits per heavy atom. The fourth-order valence-corrected chi connectivity index (χ4v) is 4.86. The zero-order valence-corrected chi connectivity index (χ0v) is 14.4. The predicted octanol–water partition coefficient (Wildman–Crippen LogP) is 3.19. The standard InChI is InChI=1S/C15H22BrNO3S/c16-14-7-6-13(11-18)10-15(14)21(19,20)17-9-8-12-4-2-1-3-5-12/h6-7,10,12,17-18H,1-5,8-9,11H2. The van der Waals surface area contributed by atoms with Crippen LogP contribution in [-0.4, -0.2) is 20.1 Å². The van der Waals surface area contributed by atoms with E-state index >= 15 is 0 Å². The molecule has 4 nitrogen and oxygen atoms in total. The Bertz CT molecular complexity index is 568. The molecule has 1 fully saturated rings. The van der Waals surface area contributed by atoms with Gasteiger partial charge < -0.3 is 5.11 Å². The van der Waals surface area contributed by atoms with Crippen molar-refractivity contribution in [3.8, 4) is 0 Å². The molecule has 1 aromatic carbocycles. The van der Waals surface area contributed by atoms with Gasteiger partial charge in [-0.05, 0) is 46.0 Å². The van der Waals surface area contributed by atoms with Crippen molar-refractivity contribution in [3.63, 3.8) is 0 Å². The van der Waals surface area contributed by atoms with Crippen LogP contribution in [0.15, 0.2) is 27.6 Å². The zero-order chi connectivity index (χ0) is 15.3. The summed E-state index contributed by atoms with van der Waals surface area (Å²) >= 11 is 3.26. The fourth-order valence-electron chi connectivity index (χ4n) is 2.80. The third-order valence-electron chi connectivity index (χ3n) is 4.04. The predicted molar refractivity (Wildman–Crippen MR) is 86.4 cm³/mol. The second-order valence-electron chi connectivity index (χ2n) is 5.61. The van der Waals surface area contributed by atoms with Crippen LogP contribution in [0, 0.1) is 5.92 Å². The molecule has 0 amide bonds. The second-order valence-corrected chi connectivity index (χ2v) is 8.20. The molecule has 6 heteroatoms. The molecule has 0 spiro atoms. The van der Waals surface area contributed by atoms with E-state index in [1.165, 1.54) is 38.2 Å². The topological polar surface area (TPSA) is 66.4 Å². The van der Waals surface area contributed by atoms with E-state index in [2.05, 4.69) is 20.7 Å². The Balaban J connectivity index is 1.97. The lowest BCUT2D eigenvalue weighted by molar-refractivity contribution is 0.281. The Morgan fingerprint density at radius 3 is 2.62 bits per heavy atom. The summed E-state index contributed by atoms with van der Waals surface area (Å²) < 4.78 is 27.9. The maximum atomic E-state index is 12.3. The summed E-state index contributed by atoms with van der Waals surface area (Å²) in [4.78, 5) is 0.192. The van der Waals surface area contributed by atoms with Gasteiger partial charge in [0.2, 0.25) is 10.0 Å². The molecule has 0 aliphatic heterocycles. The molecule has 21 heavy (non-hydrogen) atoms. The van der Waals surface area contributed by atoms with E-state index in [4.69, 9.17) is 5.11 Å². The van der Waals surface area contributed by atoms with E-state index in [0.29, 0.717) is 22.5 Å². The highest BCUT2D eigenvalue weighted by Gasteiger charge is 2.19. The minimum atomic E-state index is -3.53. The van der Waals surface area contributed by atoms with Crippen LogP contribution in [0.1, 0.15) is 44.1 Å². The van der Waals surface area contributed by atoms with Crippen molar-refractivity contribution in [3.05, 3.63) is 28.2 Å². The minimum absolute atomic E-state index is 0.169. The van der Waals surface area contributed by atoms with Gasteiger partial charge in [-0.15, -0.1) is 0 Å². The molecule has 1 saturated carbocycles. The quantitative estimate of drug-likeness (QED) is 0.801. The monoisotopic (exact) mass is 375 g/mol. The molecule has 1 aliphatic rings. The van der Waals surface area contributed by atoms with Crippen LogP contribution in [0.5, 0.6) is 0 Å². The second kappa shape index (κ2) is 7.72. The molecular weight excluding hydrogens is 354 g/mol. The highest BCUT2D eigenvalue weighted by atomic mass is 79.9. The zero-order valence-electron chi connectivity index (χ0n) is 12.0. The van der Waals surface area contributed by atoms with E-state index in [-0.39, 0.29) is 11.5 Å². The third-order valence-corrected chi connectivity index (χ3v) is 6.49. The highest BCUT2D eigenvalue weighted by Crippen LogP contribution is 2.26. The van der Waals surface area contributed by atoms with Gasteiger partial charge in [0.1, 0.15) is 0 Å². The van der Waals surface area contributed by atoms with E-state index in [9.17, 15) is 8.42 Å². The molecule has 2 N–H and O–H groups in total. The molecule has 0 saturated heterocycles. The molecule has 0 atom stereocenters. The summed E-state index contributed by atoms with van der Waals surface area (Å²) in [6.07, 6.45) is 7.17. The smallest absolute Gasteiger partial charge is 0.241 e. The van der Waals surface area contributed by atoms with E-state index < -0.39 is 10.0 Å². The lowest BCUT2D eigenvalue weighted by Gasteiger charge is -2.21. The Labute approximate surface area is 135 Å². The Kier molecular flexibility index (Phi) is 6.22. The average molecular weight is 376 g/mol. The number of benzene rings is 1. The first kappa shape index (κ1) is 16.9. The van der Waals surface area contributed by atoms with Gasteiger partial charge in [-0.2, -0.15) is 0 Å². The molecule has 118 valence electrons. The molecule has 0 bridgehead atoms. The van der Waals surface area contributed by atoms with Crippen LogP contribution in [-0.2, 0) is 16.6 Å². The number of sulfonamides is 1. The van der Waals surface area contributed by atoms with Crippen molar-refractivity contribution in [2.45, 2.75) is 50.0 Å². The summed E-state index contributed by atoms with van der Waals surface area (Å²) in [5.41, 5.74) is 0.589. The number of aliphatic hydroxyl groups excluding tert-OH is 1. The third kappa shape index (κ3) is 4.77. The number of nitrogens with one attached hydrogen (secondary N) is 1. The first-order valence-electron chi connectivity index (χ1n) is 7.42. The van der Waals surface area contributed by atoms with E-state index in [0.717, 1.165) is 6.42 Å². The average Bonchev–Trinajstić information content (AvgIpc) is 2.48. The number of rotatable bonds is 6. The van der Waals surface area contributed by atoms with E-state index in [1.54, 1.807) is 12.1 Å². The SMILES string of the molecule is O=S(=O)(NCCC1CCCCC1)c1cc(CO)ccc1Br. The van der Waals surface area contributed by atoms with Gasteiger partial charge in [-0.3, -0.25) is 0 Å². The van der Waals surface area contributed by atoms with Crippen LogP contribution < -0.4 is 4.72 Å². The van der Waals surface area contributed by atoms with Gasteiger partial charge in [0, 0.05) is 11.0 Å². The van der Waals surface area contributed by atoms with Crippen LogP contribution in [0.4, 0.5) is 0 Å². The van der Waals surface area contributed by atoms with E-state index in [1.807, 2.05) is 0 Å². The summed E-state index contributed by atoms with van der Waals surface area (Å²) in [5, 5.41) is 9.13. The number of halogens is 1. The lowest BCUT2D eigenvalue weighted by Crippen LogP contribution is -2.27. The van der Waals surface area contributed by atoms with Crippen molar-refractivity contribution in [2.75, 3.05) is 6.54 Å². The summed E-state index contributed by atoms with van der Waals surface area (Å²) in [7, 11) is -3.53. The molecule has 0 radical (unpaired) electrons. The van der Waals surface area contributed by atoms with Crippen LogP contribution in [0.3, 0.4) is 0 Å². The van der Waals surface area contributed by atoms with Gasteiger partial charge >= 0.3 is 0 Å². The van der Waals surface area contributed by atoms with Crippen molar-refractivity contribution < 1.29 is 13.5 Å². The lowest BCUT2D eigenvalue weighted by atomic mass is 9.87. The Morgan fingerprint density at radius 2 is 1.95 bits per heavy atom. The van der Waals surface area contributed by atoms with Crippen LogP contribution in [0.25, 0.3) is 0 Å². The normalized spacial score (nSPS) is 17.0. The van der Waals surface area contributed by atoms with Gasteiger partial charge in [0.25, 0.3) is 0 Å². The largest absolute Gasteiger partial charge is 0.392 e. The van der Waals surface area contributed by atoms with Gasteiger partial charge in [-0.1, -0.05) is 38.2 Å². The highest BCUT2D eigenvalue weighted by molar-refractivity contribution is 9.10. The van der Waals surface area contributed by atoms with Gasteiger partial charge in [0.15, 0.2) is 0 Å². The summed E-state index contributed by atoms with van der Waals surface area (Å²) in [6, 6.07) is 4.86. The van der Waals surface area contributed by atoms with Crippen molar-refractivity contribution in [2.24, 2.45) is 5.92 Å². The number of hydrogen-bond donors (Lipinski definition) is 2. The maximum Gasteiger partial charge on any atom is 0.241 e. The van der Waals surface area contributed by atoms with Crippen molar-refractivity contribution in [1.29, 1.82) is 0 Å². The molecule has 0 unspecified atom stereocenters. The van der Waals surface area contributed by atoms with Crippen LogP contribution in [0.2, 0.25) is 0 Å². The summed E-state index contributed by atoms with van der Waals surface area (Å²) in [6.45, 7) is 0.306. The summed E-state index contributed by atoms with van der Waals surface area (Å²) in [5.74, 6) is 0.647. The minimum Gasteiger partial charge on any atom is -0.392 e. The van der Waals surface area contributed by atoms with Crippen LogP contribution >= 0.6 is 15.9 Å². The molecule has 2 rings (SSSR count). The first-order chi connectivity index (χ1) is 10.0. The van der Waals surface area contributed by atoms with Gasteiger partial charge in [0.05, 0.1) is 11.5 Å². The Hall–Kier alpha value is -0.430. The number of aliphatic hydroxyl groups is 1. The fraction of sp³-hybridized carbons (Fsp3) is 0.600. The molecule has 0 heterocycles. The first-order valence-corrected chi connectivity index (χ1v) is 9.69. The van der Waals surface area contributed by atoms with Gasteiger partial charge in [-0.25, -0.2) is 13.1 Å². The van der Waals surface area contributed by atoms with Crippen molar-refractivity contribution >= 4 is 26.0 Å². The maximum absolute atomic E-state index is 12.3. The van der Waals surface area contributed by atoms with Crippen molar-refractivity contribution in [1.82, 2.24) is 4.72 Å². The molecule has 1 aliphatic carbocycles. The molecular formula is C15H22BrNO3S. The molecule has 0 aromatic heterocycles.